The van der Waals surface area contributed by atoms with Gasteiger partial charge < -0.3 is 4.74 Å². The Labute approximate surface area is 135 Å². The highest BCUT2D eigenvalue weighted by Gasteiger charge is 2.14. The molecule has 0 unspecified atom stereocenters. The first-order valence-electron chi connectivity index (χ1n) is 6.53. The third kappa shape index (κ3) is 3.20. The Balaban J connectivity index is 1.66. The molecule has 0 atom stereocenters. The number of Topliss-reactive ketones (excluding diaryl/α,β-unsaturated/α-hetero) is 1. The molecule has 0 aliphatic carbocycles. The molecule has 0 aliphatic heterocycles. The maximum Gasteiger partial charge on any atom is 0.209 e. The lowest BCUT2D eigenvalue weighted by atomic mass is 10.1. The fourth-order valence-electron chi connectivity index (χ4n) is 1.92. The summed E-state index contributed by atoms with van der Waals surface area (Å²) < 4.78 is 5.21. The molecular weight excluding hydrogens is 318 g/mol. The van der Waals surface area contributed by atoms with Gasteiger partial charge in [-0.2, -0.15) is 0 Å². The van der Waals surface area contributed by atoms with Gasteiger partial charge in [0.1, 0.15) is 5.75 Å². The summed E-state index contributed by atoms with van der Waals surface area (Å²) in [5, 5.41) is 9.56. The van der Waals surface area contributed by atoms with Crippen molar-refractivity contribution in [1.29, 1.82) is 0 Å². The minimum absolute atomic E-state index is 0.00933. The molecule has 0 amide bonds. The minimum Gasteiger partial charge on any atom is -0.496 e. The van der Waals surface area contributed by atoms with E-state index in [9.17, 15) is 4.79 Å². The molecule has 0 saturated carbocycles. The van der Waals surface area contributed by atoms with Crippen molar-refractivity contribution in [3.8, 4) is 16.5 Å². The number of H-pyrrole nitrogens is 1. The number of hydrogen-bond acceptors (Lipinski definition) is 6. The molecule has 0 fully saturated rings. The van der Waals surface area contributed by atoms with E-state index in [1.807, 2.05) is 29.6 Å². The molecule has 112 valence electrons. The van der Waals surface area contributed by atoms with E-state index >= 15 is 0 Å². The minimum atomic E-state index is -0.00933. The molecule has 22 heavy (non-hydrogen) atoms. The van der Waals surface area contributed by atoms with Gasteiger partial charge >= 0.3 is 0 Å². The van der Waals surface area contributed by atoms with E-state index < -0.39 is 0 Å². The average molecular weight is 331 g/mol. The molecule has 0 spiro atoms. The van der Waals surface area contributed by atoms with Gasteiger partial charge in [-0.3, -0.25) is 9.89 Å². The number of nitrogens with one attached hydrogen (secondary N) is 1. The van der Waals surface area contributed by atoms with Gasteiger partial charge in [0.15, 0.2) is 11.6 Å². The second kappa shape index (κ2) is 6.76. The number of nitrogens with zero attached hydrogens (tertiary/aromatic N) is 2. The number of para-hydroxylation sites is 1. The predicted octanol–water partition coefficient (Wildman–Crippen LogP) is 3.52. The van der Waals surface area contributed by atoms with Crippen LogP contribution in [0.4, 0.5) is 0 Å². The molecule has 3 aromatic rings. The SMILES string of the molecule is COc1ccccc1C(=O)CSc1n[nH]c(-c2cccs2)n1. The van der Waals surface area contributed by atoms with Crippen LogP contribution in [0.3, 0.4) is 0 Å². The second-order valence-electron chi connectivity index (χ2n) is 4.36. The summed E-state index contributed by atoms with van der Waals surface area (Å²) in [4.78, 5) is 17.7. The van der Waals surface area contributed by atoms with E-state index in [4.69, 9.17) is 4.74 Å². The summed E-state index contributed by atoms with van der Waals surface area (Å²) in [5.74, 6) is 1.57. The van der Waals surface area contributed by atoms with Crippen LogP contribution >= 0.6 is 23.1 Å². The number of ether oxygens (including phenoxy) is 1. The van der Waals surface area contributed by atoms with Crippen LogP contribution in [-0.2, 0) is 0 Å². The van der Waals surface area contributed by atoms with Crippen molar-refractivity contribution < 1.29 is 9.53 Å². The number of ketones is 1. The lowest BCUT2D eigenvalue weighted by Gasteiger charge is -2.05. The maximum atomic E-state index is 12.3. The van der Waals surface area contributed by atoms with E-state index in [1.165, 1.54) is 11.8 Å². The molecule has 0 bridgehead atoms. The highest BCUT2D eigenvalue weighted by atomic mass is 32.2. The van der Waals surface area contributed by atoms with Gasteiger partial charge in [0, 0.05) is 0 Å². The van der Waals surface area contributed by atoms with Gasteiger partial charge in [0.25, 0.3) is 0 Å². The molecule has 5 nitrogen and oxygen atoms in total. The van der Waals surface area contributed by atoms with E-state index in [-0.39, 0.29) is 11.5 Å². The summed E-state index contributed by atoms with van der Waals surface area (Å²) >= 11 is 2.90. The second-order valence-corrected chi connectivity index (χ2v) is 6.25. The summed E-state index contributed by atoms with van der Waals surface area (Å²) in [5.41, 5.74) is 0.575. The molecule has 2 heterocycles. The molecule has 0 saturated heterocycles. The topological polar surface area (TPSA) is 67.9 Å². The van der Waals surface area contributed by atoms with Crippen LogP contribution in [0.15, 0.2) is 46.9 Å². The number of carbonyl (C=O) groups is 1. The third-order valence-electron chi connectivity index (χ3n) is 2.96. The number of aromatic nitrogens is 3. The molecule has 2 aromatic heterocycles. The van der Waals surface area contributed by atoms with Gasteiger partial charge in [-0.1, -0.05) is 30.0 Å². The third-order valence-corrected chi connectivity index (χ3v) is 4.68. The Morgan fingerprint density at radius 3 is 2.95 bits per heavy atom. The standard InChI is InChI=1S/C15H13N3O2S2/c1-20-12-6-3-2-5-10(12)11(19)9-22-15-16-14(17-18-15)13-7-4-8-21-13/h2-8H,9H2,1H3,(H,16,17,18). The van der Waals surface area contributed by atoms with Crippen molar-refractivity contribution in [3.05, 3.63) is 47.3 Å². The lowest BCUT2D eigenvalue weighted by Crippen LogP contribution is -2.04. The first-order valence-corrected chi connectivity index (χ1v) is 8.40. The Kier molecular flexibility index (Phi) is 4.55. The molecule has 7 heteroatoms. The van der Waals surface area contributed by atoms with Crippen molar-refractivity contribution in [2.75, 3.05) is 12.9 Å². The Morgan fingerprint density at radius 1 is 1.32 bits per heavy atom. The van der Waals surface area contributed by atoms with Crippen molar-refractivity contribution in [2.24, 2.45) is 0 Å². The quantitative estimate of drug-likeness (QED) is 0.553. The number of thiophene rings is 1. The normalized spacial score (nSPS) is 10.6. The van der Waals surface area contributed by atoms with Crippen LogP contribution in [0.2, 0.25) is 0 Å². The monoisotopic (exact) mass is 331 g/mol. The highest BCUT2D eigenvalue weighted by Crippen LogP contribution is 2.25. The Morgan fingerprint density at radius 2 is 2.18 bits per heavy atom. The van der Waals surface area contributed by atoms with E-state index in [2.05, 4.69) is 15.2 Å². The van der Waals surface area contributed by atoms with E-state index in [0.29, 0.717) is 16.5 Å². The van der Waals surface area contributed by atoms with Crippen molar-refractivity contribution in [2.45, 2.75) is 5.16 Å². The number of carbonyl (C=O) groups excluding carboxylic acids is 1. The Bertz CT molecular complexity index is 769. The number of aromatic amines is 1. The molecule has 0 radical (unpaired) electrons. The predicted molar refractivity (Wildman–Crippen MR) is 87.7 cm³/mol. The van der Waals surface area contributed by atoms with Crippen molar-refractivity contribution in [1.82, 2.24) is 15.2 Å². The van der Waals surface area contributed by atoms with Crippen molar-refractivity contribution >= 4 is 28.9 Å². The van der Waals surface area contributed by atoms with Gasteiger partial charge in [0.2, 0.25) is 5.16 Å². The molecule has 0 aliphatic rings. The summed E-state index contributed by atoms with van der Waals surface area (Å²) in [7, 11) is 1.56. The largest absolute Gasteiger partial charge is 0.496 e. The first kappa shape index (κ1) is 14.8. The number of benzene rings is 1. The zero-order valence-electron chi connectivity index (χ0n) is 11.8. The summed E-state index contributed by atoms with van der Waals surface area (Å²) in [6, 6.07) is 11.1. The van der Waals surface area contributed by atoms with E-state index in [1.54, 1.807) is 30.6 Å². The number of thioether (sulfide) groups is 1. The molecule has 3 rings (SSSR count). The van der Waals surface area contributed by atoms with Gasteiger partial charge in [-0.05, 0) is 23.6 Å². The zero-order valence-corrected chi connectivity index (χ0v) is 13.4. The Hall–Kier alpha value is -2.12. The van der Waals surface area contributed by atoms with Gasteiger partial charge in [-0.15, -0.1) is 16.4 Å². The molecule has 1 aromatic carbocycles. The fourth-order valence-corrected chi connectivity index (χ4v) is 3.26. The molecule has 1 N–H and O–H groups in total. The number of rotatable bonds is 6. The number of methoxy groups -OCH3 is 1. The fraction of sp³-hybridized carbons (Fsp3) is 0.133. The smallest absolute Gasteiger partial charge is 0.209 e. The van der Waals surface area contributed by atoms with Gasteiger partial charge in [-0.25, -0.2) is 4.98 Å². The van der Waals surface area contributed by atoms with E-state index in [0.717, 1.165) is 10.7 Å². The average Bonchev–Trinajstić information content (AvgIpc) is 3.23. The first-order chi connectivity index (χ1) is 10.8. The van der Waals surface area contributed by atoms with Gasteiger partial charge in [0.05, 0.1) is 23.3 Å². The molecular formula is C15H13N3O2S2. The highest BCUT2D eigenvalue weighted by molar-refractivity contribution is 7.99. The van der Waals surface area contributed by atoms with Crippen LogP contribution in [0.25, 0.3) is 10.7 Å². The maximum absolute atomic E-state index is 12.3. The van der Waals surface area contributed by atoms with Crippen LogP contribution in [0, 0.1) is 0 Å². The summed E-state index contributed by atoms with van der Waals surface area (Å²) in [6.45, 7) is 0. The lowest BCUT2D eigenvalue weighted by molar-refractivity contribution is 0.101. The van der Waals surface area contributed by atoms with Crippen molar-refractivity contribution in [3.63, 3.8) is 0 Å². The van der Waals surface area contributed by atoms with Crippen LogP contribution in [0.5, 0.6) is 5.75 Å². The van der Waals surface area contributed by atoms with Crippen LogP contribution in [-0.4, -0.2) is 33.8 Å². The zero-order chi connectivity index (χ0) is 15.4. The van der Waals surface area contributed by atoms with Crippen LogP contribution in [0.1, 0.15) is 10.4 Å². The summed E-state index contributed by atoms with van der Waals surface area (Å²) in [6.07, 6.45) is 0. The number of hydrogen-bond donors (Lipinski definition) is 1. The van der Waals surface area contributed by atoms with Crippen LogP contribution < -0.4 is 4.74 Å².